The number of carbonyl (C=O) groups is 2. The molecule has 0 fully saturated rings. The Balaban J connectivity index is 1.67. The monoisotopic (exact) mass is 495 g/mol. The van der Waals surface area contributed by atoms with Crippen molar-refractivity contribution in [3.63, 3.8) is 0 Å². The number of hydrogen-bond donors (Lipinski definition) is 2. The molecular formula is C26H26FN3O6. The van der Waals surface area contributed by atoms with Gasteiger partial charge in [-0.3, -0.25) is 9.59 Å². The molecule has 0 aliphatic heterocycles. The van der Waals surface area contributed by atoms with Crippen LogP contribution in [0.15, 0.2) is 65.8 Å². The number of rotatable bonds is 11. The molecule has 0 spiro atoms. The van der Waals surface area contributed by atoms with Gasteiger partial charge in [-0.15, -0.1) is 0 Å². The molecule has 0 radical (unpaired) electrons. The van der Waals surface area contributed by atoms with Gasteiger partial charge in [0.05, 0.1) is 19.9 Å². The second kappa shape index (κ2) is 12.2. The Labute approximate surface area is 207 Å². The average Bonchev–Trinajstić information content (AvgIpc) is 2.88. The van der Waals surface area contributed by atoms with Crippen LogP contribution in [0.2, 0.25) is 0 Å². The van der Waals surface area contributed by atoms with Crippen LogP contribution in [-0.4, -0.2) is 38.4 Å². The zero-order valence-corrected chi connectivity index (χ0v) is 20.0. The fourth-order valence-corrected chi connectivity index (χ4v) is 3.14. The molecule has 9 nitrogen and oxygen atoms in total. The Morgan fingerprint density at radius 2 is 1.53 bits per heavy atom. The van der Waals surface area contributed by atoms with E-state index in [1.807, 2.05) is 0 Å². The van der Waals surface area contributed by atoms with Gasteiger partial charge in [0.2, 0.25) is 0 Å². The Bertz CT molecular complexity index is 1280. The molecule has 188 valence electrons. The van der Waals surface area contributed by atoms with Crippen molar-refractivity contribution in [3.05, 3.63) is 83.2 Å². The molecule has 3 aromatic rings. The molecule has 0 atom stereocenters. The van der Waals surface area contributed by atoms with Crippen molar-refractivity contribution in [1.82, 2.24) is 5.43 Å². The van der Waals surface area contributed by atoms with E-state index in [2.05, 4.69) is 10.5 Å². The van der Waals surface area contributed by atoms with Crippen LogP contribution in [0.25, 0.3) is 0 Å². The highest BCUT2D eigenvalue weighted by Gasteiger charge is 2.13. The predicted octanol–water partition coefficient (Wildman–Crippen LogP) is 3.44. The quantitative estimate of drug-likeness (QED) is 0.311. The summed E-state index contributed by atoms with van der Waals surface area (Å²) in [5.41, 5.74) is 9.74. The molecule has 3 rings (SSSR count). The summed E-state index contributed by atoms with van der Waals surface area (Å²) in [6.07, 6.45) is 0. The zero-order valence-electron chi connectivity index (χ0n) is 20.0. The summed E-state index contributed by atoms with van der Waals surface area (Å²) in [5.74, 6) is 0.0653. The number of ether oxygens (including phenoxy) is 4. The van der Waals surface area contributed by atoms with Crippen molar-refractivity contribution in [2.75, 3.05) is 20.8 Å². The number of nitrogens with zero attached hydrogens (tertiary/aromatic N) is 1. The van der Waals surface area contributed by atoms with E-state index in [0.717, 1.165) is 0 Å². The van der Waals surface area contributed by atoms with Crippen molar-refractivity contribution in [2.45, 2.75) is 13.5 Å². The highest BCUT2D eigenvalue weighted by atomic mass is 19.1. The first-order valence-corrected chi connectivity index (χ1v) is 10.8. The lowest BCUT2D eigenvalue weighted by atomic mass is 10.1. The number of hydrogen-bond acceptors (Lipinski definition) is 7. The van der Waals surface area contributed by atoms with Gasteiger partial charge in [-0.25, -0.2) is 9.82 Å². The lowest BCUT2D eigenvalue weighted by molar-refractivity contribution is -0.119. The molecule has 0 aliphatic rings. The molecule has 36 heavy (non-hydrogen) atoms. The predicted molar refractivity (Wildman–Crippen MR) is 131 cm³/mol. The first-order chi connectivity index (χ1) is 17.3. The molecule has 3 aromatic carbocycles. The first kappa shape index (κ1) is 26.0. The average molecular weight is 496 g/mol. The van der Waals surface area contributed by atoms with E-state index in [1.165, 1.54) is 32.4 Å². The smallest absolute Gasteiger partial charge is 0.271 e. The molecule has 0 aliphatic carbocycles. The molecule has 0 unspecified atom stereocenters. The SMILES string of the molecule is COc1cc(C(C)=NNC(=O)c2ccc(OCc3cccc(F)c3)c(OC)c2)ccc1OCC(N)=O. The van der Waals surface area contributed by atoms with E-state index < -0.39 is 11.8 Å². The maximum absolute atomic E-state index is 13.4. The highest BCUT2D eigenvalue weighted by molar-refractivity contribution is 6.01. The molecule has 2 amide bonds. The normalized spacial score (nSPS) is 10.9. The second-order valence-corrected chi connectivity index (χ2v) is 7.54. The van der Waals surface area contributed by atoms with Crippen molar-refractivity contribution in [2.24, 2.45) is 10.8 Å². The fraction of sp³-hybridized carbons (Fsp3) is 0.192. The number of nitrogens with two attached hydrogens (primary N) is 1. The summed E-state index contributed by atoms with van der Waals surface area (Å²) in [7, 11) is 2.92. The number of amides is 2. The molecule has 0 saturated carbocycles. The molecule has 3 N–H and O–H groups in total. The van der Waals surface area contributed by atoms with Gasteiger partial charge in [0.1, 0.15) is 12.4 Å². The summed E-state index contributed by atoms with van der Waals surface area (Å²) in [4.78, 5) is 23.6. The van der Waals surface area contributed by atoms with Gasteiger partial charge in [0, 0.05) is 11.1 Å². The van der Waals surface area contributed by atoms with E-state index in [-0.39, 0.29) is 19.0 Å². The van der Waals surface area contributed by atoms with Crippen LogP contribution < -0.4 is 30.1 Å². The summed E-state index contributed by atoms with van der Waals surface area (Å²) in [6.45, 7) is 1.57. The van der Waals surface area contributed by atoms with Gasteiger partial charge in [-0.2, -0.15) is 5.10 Å². The largest absolute Gasteiger partial charge is 0.493 e. The van der Waals surface area contributed by atoms with Crippen molar-refractivity contribution in [1.29, 1.82) is 0 Å². The number of halogens is 1. The van der Waals surface area contributed by atoms with Crippen LogP contribution in [0.1, 0.15) is 28.4 Å². The molecule has 0 saturated heterocycles. The number of nitrogens with one attached hydrogen (secondary N) is 1. The Morgan fingerprint density at radius 1 is 0.889 bits per heavy atom. The van der Waals surface area contributed by atoms with Gasteiger partial charge in [0.15, 0.2) is 29.6 Å². The lowest BCUT2D eigenvalue weighted by Crippen LogP contribution is -2.20. The van der Waals surface area contributed by atoms with Crippen LogP contribution >= 0.6 is 0 Å². The molecule has 0 bridgehead atoms. The van der Waals surface area contributed by atoms with Gasteiger partial charge < -0.3 is 24.7 Å². The first-order valence-electron chi connectivity index (χ1n) is 10.8. The number of benzene rings is 3. The number of hydrazone groups is 1. The third-order valence-electron chi connectivity index (χ3n) is 4.99. The maximum atomic E-state index is 13.4. The van der Waals surface area contributed by atoms with Gasteiger partial charge in [-0.05, 0) is 61.0 Å². The summed E-state index contributed by atoms with van der Waals surface area (Å²) in [6, 6.07) is 15.8. The summed E-state index contributed by atoms with van der Waals surface area (Å²) in [5, 5.41) is 4.15. The fourth-order valence-electron chi connectivity index (χ4n) is 3.14. The highest BCUT2D eigenvalue weighted by Crippen LogP contribution is 2.30. The van der Waals surface area contributed by atoms with E-state index >= 15 is 0 Å². The van der Waals surface area contributed by atoms with E-state index in [1.54, 1.807) is 49.4 Å². The second-order valence-electron chi connectivity index (χ2n) is 7.54. The van der Waals surface area contributed by atoms with Crippen LogP contribution in [0.4, 0.5) is 4.39 Å². The van der Waals surface area contributed by atoms with Gasteiger partial charge >= 0.3 is 0 Å². The standard InChI is InChI=1S/C26H26FN3O6/c1-16(18-7-9-22(23(12-18)33-2)36-15-25(28)31)29-30-26(32)19-8-10-21(24(13-19)34-3)35-14-17-5-4-6-20(27)11-17/h4-13H,14-15H2,1-3H3,(H2,28,31)(H,30,32). The topological polar surface area (TPSA) is 121 Å². The van der Waals surface area contributed by atoms with Crippen LogP contribution in [0, 0.1) is 5.82 Å². The number of carbonyl (C=O) groups excluding carboxylic acids is 2. The molecular weight excluding hydrogens is 469 g/mol. The minimum absolute atomic E-state index is 0.138. The summed E-state index contributed by atoms with van der Waals surface area (Å²) < 4.78 is 35.0. The van der Waals surface area contributed by atoms with E-state index in [9.17, 15) is 14.0 Å². The van der Waals surface area contributed by atoms with Crippen molar-refractivity contribution >= 4 is 17.5 Å². The lowest BCUT2D eigenvalue weighted by Gasteiger charge is -2.12. The number of methoxy groups -OCH3 is 2. The van der Waals surface area contributed by atoms with Gasteiger partial charge in [0.25, 0.3) is 11.8 Å². The maximum Gasteiger partial charge on any atom is 0.271 e. The molecule has 0 heterocycles. The Kier molecular flexibility index (Phi) is 8.82. The minimum atomic E-state index is -0.607. The Morgan fingerprint density at radius 3 is 2.17 bits per heavy atom. The Hall–Kier alpha value is -4.60. The molecule has 10 heteroatoms. The van der Waals surface area contributed by atoms with E-state index in [0.29, 0.717) is 45.4 Å². The van der Waals surface area contributed by atoms with E-state index in [4.69, 9.17) is 24.7 Å². The van der Waals surface area contributed by atoms with Crippen LogP contribution in [0.5, 0.6) is 23.0 Å². The zero-order chi connectivity index (χ0) is 26.1. The van der Waals surface area contributed by atoms with Gasteiger partial charge in [-0.1, -0.05) is 12.1 Å². The van der Waals surface area contributed by atoms with Crippen molar-refractivity contribution < 1.29 is 32.9 Å². The van der Waals surface area contributed by atoms with Crippen LogP contribution in [-0.2, 0) is 11.4 Å². The van der Waals surface area contributed by atoms with Crippen molar-refractivity contribution in [3.8, 4) is 23.0 Å². The van der Waals surface area contributed by atoms with Crippen LogP contribution in [0.3, 0.4) is 0 Å². The minimum Gasteiger partial charge on any atom is -0.493 e. The number of primary amides is 1. The molecule has 0 aromatic heterocycles. The third-order valence-corrected chi connectivity index (χ3v) is 4.99. The summed E-state index contributed by atoms with van der Waals surface area (Å²) >= 11 is 0. The third kappa shape index (κ3) is 6.95.